The fraction of sp³-hybridized carbons (Fsp3) is 0.529. The van der Waals surface area contributed by atoms with Gasteiger partial charge in [-0.25, -0.2) is 0 Å². The zero-order chi connectivity index (χ0) is 16.3. The standard InChI is InChI=1S/C17H26N4O/c1-12(2)9-17(4)11-21(16(18)20-17)10-14-5-7-15(8-6-14)19-13(3)22/h5-8,12H,9-11H2,1-4H3,(H2,18,20)(H,19,22). The molecule has 22 heavy (non-hydrogen) atoms. The second-order valence-corrected chi connectivity index (χ2v) is 6.87. The summed E-state index contributed by atoms with van der Waals surface area (Å²) in [6, 6.07) is 7.79. The molecule has 1 aliphatic rings. The van der Waals surface area contributed by atoms with Crippen LogP contribution in [0.1, 0.15) is 39.7 Å². The highest BCUT2D eigenvalue weighted by molar-refractivity contribution is 5.88. The Balaban J connectivity index is 1.99. The fourth-order valence-corrected chi connectivity index (χ4v) is 3.17. The quantitative estimate of drug-likeness (QED) is 0.783. The number of anilines is 1. The molecule has 1 amide bonds. The number of benzene rings is 1. The predicted octanol–water partition coefficient (Wildman–Crippen LogP) is 2.79. The highest BCUT2D eigenvalue weighted by Gasteiger charge is 2.36. The molecular weight excluding hydrogens is 276 g/mol. The number of guanidine groups is 1. The van der Waals surface area contributed by atoms with Crippen LogP contribution < -0.4 is 10.6 Å². The topological polar surface area (TPSA) is 68.2 Å². The van der Waals surface area contributed by atoms with Crippen LogP contribution in [0.25, 0.3) is 0 Å². The van der Waals surface area contributed by atoms with E-state index >= 15 is 0 Å². The van der Waals surface area contributed by atoms with Gasteiger partial charge < -0.3 is 15.5 Å². The van der Waals surface area contributed by atoms with E-state index in [-0.39, 0.29) is 11.4 Å². The van der Waals surface area contributed by atoms with Crippen molar-refractivity contribution in [3.05, 3.63) is 29.8 Å². The van der Waals surface area contributed by atoms with E-state index in [1.54, 1.807) is 0 Å². The molecule has 2 rings (SSSR count). The summed E-state index contributed by atoms with van der Waals surface area (Å²) in [6.07, 6.45) is 1.05. The Hall–Kier alpha value is -2.04. The number of carbonyl (C=O) groups is 1. The fourth-order valence-electron chi connectivity index (χ4n) is 3.17. The van der Waals surface area contributed by atoms with Gasteiger partial charge >= 0.3 is 0 Å². The molecule has 1 atom stereocenters. The van der Waals surface area contributed by atoms with Crippen molar-refractivity contribution in [1.82, 2.24) is 10.2 Å². The van der Waals surface area contributed by atoms with E-state index in [1.165, 1.54) is 6.92 Å². The van der Waals surface area contributed by atoms with Crippen LogP contribution in [0.15, 0.2) is 24.3 Å². The van der Waals surface area contributed by atoms with Crippen molar-refractivity contribution in [2.24, 2.45) is 5.92 Å². The van der Waals surface area contributed by atoms with E-state index in [9.17, 15) is 4.79 Å². The van der Waals surface area contributed by atoms with Crippen molar-refractivity contribution in [2.75, 3.05) is 11.9 Å². The number of carbonyl (C=O) groups excluding carboxylic acids is 1. The average Bonchev–Trinajstić information content (AvgIpc) is 2.64. The number of hydrogen-bond acceptors (Lipinski definition) is 2. The molecule has 5 nitrogen and oxygen atoms in total. The van der Waals surface area contributed by atoms with Crippen LogP contribution in [-0.4, -0.2) is 28.9 Å². The van der Waals surface area contributed by atoms with Crippen LogP contribution in [0.5, 0.6) is 0 Å². The molecule has 0 saturated carbocycles. The minimum absolute atomic E-state index is 0.0264. The number of nitrogens with zero attached hydrogens (tertiary/aromatic N) is 1. The van der Waals surface area contributed by atoms with Crippen LogP contribution in [0, 0.1) is 11.3 Å². The first-order chi connectivity index (χ1) is 10.3. The summed E-state index contributed by atoms with van der Waals surface area (Å²) >= 11 is 0. The summed E-state index contributed by atoms with van der Waals surface area (Å²) in [5.41, 5.74) is 1.91. The largest absolute Gasteiger partial charge is 0.349 e. The van der Waals surface area contributed by atoms with Gasteiger partial charge in [-0.2, -0.15) is 0 Å². The average molecular weight is 302 g/mol. The smallest absolute Gasteiger partial charge is 0.221 e. The van der Waals surface area contributed by atoms with Gasteiger partial charge in [0.05, 0.1) is 5.54 Å². The predicted molar refractivity (Wildman–Crippen MR) is 89.9 cm³/mol. The number of amides is 1. The van der Waals surface area contributed by atoms with E-state index in [4.69, 9.17) is 5.41 Å². The molecule has 0 bridgehead atoms. The molecule has 0 aromatic heterocycles. The molecule has 1 aromatic rings. The lowest BCUT2D eigenvalue weighted by molar-refractivity contribution is -0.114. The molecule has 1 saturated heterocycles. The number of hydrogen-bond donors (Lipinski definition) is 3. The van der Waals surface area contributed by atoms with Gasteiger partial charge in [-0.1, -0.05) is 26.0 Å². The van der Waals surface area contributed by atoms with Crippen molar-refractivity contribution >= 4 is 17.6 Å². The molecule has 1 fully saturated rings. The lowest BCUT2D eigenvalue weighted by atomic mass is 9.91. The molecule has 0 spiro atoms. The first-order valence-corrected chi connectivity index (χ1v) is 7.76. The van der Waals surface area contributed by atoms with E-state index in [0.717, 1.165) is 24.2 Å². The first-order valence-electron chi connectivity index (χ1n) is 7.76. The van der Waals surface area contributed by atoms with E-state index in [1.807, 2.05) is 24.3 Å². The Labute approximate surface area is 132 Å². The summed E-state index contributed by atoms with van der Waals surface area (Å²) in [7, 11) is 0. The van der Waals surface area contributed by atoms with Crippen LogP contribution in [-0.2, 0) is 11.3 Å². The monoisotopic (exact) mass is 302 g/mol. The van der Waals surface area contributed by atoms with Gasteiger partial charge in [0, 0.05) is 25.7 Å². The van der Waals surface area contributed by atoms with Gasteiger partial charge in [0.15, 0.2) is 5.96 Å². The SMILES string of the molecule is CC(=O)Nc1ccc(CN2CC(C)(CC(C)C)NC2=N)cc1. The van der Waals surface area contributed by atoms with Crippen molar-refractivity contribution in [1.29, 1.82) is 5.41 Å². The minimum Gasteiger partial charge on any atom is -0.349 e. The van der Waals surface area contributed by atoms with Crippen molar-refractivity contribution < 1.29 is 4.79 Å². The summed E-state index contributed by atoms with van der Waals surface area (Å²) in [5, 5.41) is 14.2. The van der Waals surface area contributed by atoms with E-state index in [2.05, 4.69) is 36.3 Å². The van der Waals surface area contributed by atoms with Gasteiger partial charge in [0.25, 0.3) is 0 Å². The van der Waals surface area contributed by atoms with Gasteiger partial charge in [0.2, 0.25) is 5.91 Å². The van der Waals surface area contributed by atoms with Crippen molar-refractivity contribution in [2.45, 2.75) is 46.2 Å². The highest BCUT2D eigenvalue weighted by atomic mass is 16.1. The molecule has 1 heterocycles. The lowest BCUT2D eigenvalue weighted by Crippen LogP contribution is -2.41. The molecule has 1 aromatic carbocycles. The lowest BCUT2D eigenvalue weighted by Gasteiger charge is -2.26. The van der Waals surface area contributed by atoms with Crippen LogP contribution in [0.4, 0.5) is 5.69 Å². The van der Waals surface area contributed by atoms with Crippen molar-refractivity contribution in [3.63, 3.8) is 0 Å². The van der Waals surface area contributed by atoms with Gasteiger partial charge in [-0.3, -0.25) is 10.2 Å². The van der Waals surface area contributed by atoms with Crippen LogP contribution >= 0.6 is 0 Å². The van der Waals surface area contributed by atoms with Gasteiger partial charge in [-0.05, 0) is 37.0 Å². The number of rotatable bonds is 5. The van der Waals surface area contributed by atoms with Gasteiger partial charge in [0.1, 0.15) is 0 Å². The Bertz CT molecular complexity index is 552. The van der Waals surface area contributed by atoms with Gasteiger partial charge in [-0.15, -0.1) is 0 Å². The molecule has 5 heteroatoms. The second kappa shape index (κ2) is 6.38. The minimum atomic E-state index is -0.0669. The summed E-state index contributed by atoms with van der Waals surface area (Å²) < 4.78 is 0. The van der Waals surface area contributed by atoms with Crippen molar-refractivity contribution in [3.8, 4) is 0 Å². The Morgan fingerprint density at radius 2 is 2.05 bits per heavy atom. The maximum atomic E-state index is 11.0. The van der Waals surface area contributed by atoms with E-state index in [0.29, 0.717) is 18.4 Å². The van der Waals surface area contributed by atoms with Crippen LogP contribution in [0.2, 0.25) is 0 Å². The highest BCUT2D eigenvalue weighted by Crippen LogP contribution is 2.24. The molecule has 120 valence electrons. The molecule has 0 radical (unpaired) electrons. The zero-order valence-electron chi connectivity index (χ0n) is 13.9. The van der Waals surface area contributed by atoms with Crippen LogP contribution in [0.3, 0.4) is 0 Å². The molecule has 0 aliphatic carbocycles. The third-order valence-corrected chi connectivity index (χ3v) is 3.78. The third kappa shape index (κ3) is 4.23. The Morgan fingerprint density at radius 3 is 2.59 bits per heavy atom. The maximum Gasteiger partial charge on any atom is 0.221 e. The molecule has 1 aliphatic heterocycles. The summed E-state index contributed by atoms with van der Waals surface area (Å²) in [6.45, 7) is 9.65. The third-order valence-electron chi connectivity index (χ3n) is 3.78. The zero-order valence-corrected chi connectivity index (χ0v) is 13.9. The normalized spacial score (nSPS) is 21.1. The molecule has 3 N–H and O–H groups in total. The second-order valence-electron chi connectivity index (χ2n) is 6.87. The molecular formula is C17H26N4O. The Morgan fingerprint density at radius 1 is 1.41 bits per heavy atom. The van der Waals surface area contributed by atoms with E-state index < -0.39 is 0 Å². The summed E-state index contributed by atoms with van der Waals surface area (Å²) in [4.78, 5) is 13.1. The number of nitrogens with one attached hydrogen (secondary N) is 3. The summed E-state index contributed by atoms with van der Waals surface area (Å²) in [5.74, 6) is 1.03. The first kappa shape index (κ1) is 16.3. The molecule has 1 unspecified atom stereocenters. The maximum absolute atomic E-state index is 11.0. The Kier molecular flexibility index (Phi) is 4.74.